The number of carbonyl (C=O) groups is 1. The Morgan fingerprint density at radius 1 is 1.33 bits per heavy atom. The van der Waals surface area contributed by atoms with Crippen molar-refractivity contribution in [2.24, 2.45) is 0 Å². The molecule has 6 heteroatoms. The van der Waals surface area contributed by atoms with Crippen LogP contribution in [0.15, 0.2) is 24.4 Å². The van der Waals surface area contributed by atoms with Crippen LogP contribution in [-0.2, 0) is 11.2 Å². The molecule has 3 rings (SSSR count). The first-order valence-electron chi connectivity index (χ1n) is 7.64. The molecule has 21 heavy (non-hydrogen) atoms. The zero-order chi connectivity index (χ0) is 14.5. The summed E-state index contributed by atoms with van der Waals surface area (Å²) in [6.45, 7) is 1.53. The molecule has 1 fully saturated rings. The van der Waals surface area contributed by atoms with Gasteiger partial charge in [0.25, 0.3) is 0 Å². The Bertz CT molecular complexity index is 601. The Labute approximate surface area is 123 Å². The van der Waals surface area contributed by atoms with Gasteiger partial charge in [0.15, 0.2) is 5.65 Å². The number of rotatable bonds is 4. The maximum Gasteiger partial charge on any atom is 0.237 e. The largest absolute Gasteiger partial charge is 0.354 e. The zero-order valence-electron chi connectivity index (χ0n) is 12.1. The third kappa shape index (κ3) is 3.39. The first-order valence-corrected chi connectivity index (χ1v) is 7.64. The van der Waals surface area contributed by atoms with E-state index < -0.39 is 0 Å². The summed E-state index contributed by atoms with van der Waals surface area (Å²) in [5, 5.41) is 14.6. The molecule has 3 heterocycles. The van der Waals surface area contributed by atoms with E-state index in [-0.39, 0.29) is 11.9 Å². The molecule has 2 N–H and O–H groups in total. The van der Waals surface area contributed by atoms with Crippen LogP contribution in [0.3, 0.4) is 0 Å². The molecule has 1 atom stereocenters. The quantitative estimate of drug-likeness (QED) is 0.877. The van der Waals surface area contributed by atoms with Gasteiger partial charge in [-0.1, -0.05) is 18.9 Å². The second kappa shape index (κ2) is 6.67. The van der Waals surface area contributed by atoms with Gasteiger partial charge in [0.2, 0.25) is 5.91 Å². The van der Waals surface area contributed by atoms with Crippen molar-refractivity contribution < 1.29 is 4.79 Å². The Hall–Kier alpha value is -1.95. The molecule has 1 unspecified atom stereocenters. The van der Waals surface area contributed by atoms with Gasteiger partial charge in [-0.25, -0.2) is 0 Å². The fourth-order valence-corrected chi connectivity index (χ4v) is 2.73. The predicted octanol–water partition coefficient (Wildman–Crippen LogP) is 0.920. The van der Waals surface area contributed by atoms with Crippen molar-refractivity contribution in [3.8, 4) is 0 Å². The minimum Gasteiger partial charge on any atom is -0.354 e. The first-order chi connectivity index (χ1) is 10.3. The molecule has 0 bridgehead atoms. The topological polar surface area (TPSA) is 71.3 Å². The fourth-order valence-electron chi connectivity index (χ4n) is 2.73. The van der Waals surface area contributed by atoms with Crippen LogP contribution in [0, 0.1) is 0 Å². The molecule has 0 spiro atoms. The van der Waals surface area contributed by atoms with Crippen molar-refractivity contribution in [1.29, 1.82) is 0 Å². The average molecular weight is 287 g/mol. The van der Waals surface area contributed by atoms with E-state index in [4.69, 9.17) is 0 Å². The number of nitrogens with one attached hydrogen (secondary N) is 2. The van der Waals surface area contributed by atoms with E-state index >= 15 is 0 Å². The minimum absolute atomic E-state index is 0.0392. The van der Waals surface area contributed by atoms with Gasteiger partial charge in [0, 0.05) is 19.2 Å². The molecule has 0 radical (unpaired) electrons. The van der Waals surface area contributed by atoms with Crippen LogP contribution < -0.4 is 10.6 Å². The van der Waals surface area contributed by atoms with Gasteiger partial charge in [0.1, 0.15) is 5.82 Å². The Kier molecular flexibility index (Phi) is 4.45. The summed E-state index contributed by atoms with van der Waals surface area (Å²) in [6.07, 6.45) is 7.06. The first kappa shape index (κ1) is 14.0. The lowest BCUT2D eigenvalue weighted by molar-refractivity contribution is -0.123. The highest BCUT2D eigenvalue weighted by atomic mass is 16.2. The maximum absolute atomic E-state index is 12.1. The van der Waals surface area contributed by atoms with Crippen molar-refractivity contribution in [2.75, 3.05) is 13.1 Å². The average Bonchev–Trinajstić information content (AvgIpc) is 2.74. The summed E-state index contributed by atoms with van der Waals surface area (Å²) >= 11 is 0. The molecule has 6 nitrogen and oxygen atoms in total. The highest BCUT2D eigenvalue weighted by Crippen LogP contribution is 2.08. The van der Waals surface area contributed by atoms with Crippen molar-refractivity contribution in [3.63, 3.8) is 0 Å². The van der Waals surface area contributed by atoms with Crippen LogP contribution in [0.2, 0.25) is 0 Å². The van der Waals surface area contributed by atoms with Crippen molar-refractivity contribution in [2.45, 2.75) is 38.1 Å². The van der Waals surface area contributed by atoms with Crippen LogP contribution in [0.4, 0.5) is 0 Å². The monoisotopic (exact) mass is 287 g/mol. The molecule has 1 aliphatic rings. The number of pyridine rings is 1. The molecule has 2 aromatic heterocycles. The summed E-state index contributed by atoms with van der Waals surface area (Å²) in [5.74, 6) is 0.977. The molecule has 2 aromatic rings. The highest BCUT2D eigenvalue weighted by molar-refractivity contribution is 5.81. The third-order valence-corrected chi connectivity index (χ3v) is 3.91. The molecule has 1 saturated heterocycles. The number of amides is 1. The van der Waals surface area contributed by atoms with E-state index in [1.807, 2.05) is 28.8 Å². The van der Waals surface area contributed by atoms with Crippen molar-refractivity contribution >= 4 is 11.6 Å². The smallest absolute Gasteiger partial charge is 0.237 e. The Morgan fingerprint density at radius 3 is 3.24 bits per heavy atom. The van der Waals surface area contributed by atoms with Gasteiger partial charge >= 0.3 is 0 Å². The lowest BCUT2D eigenvalue weighted by Crippen LogP contribution is -2.44. The molecule has 0 aliphatic carbocycles. The van der Waals surface area contributed by atoms with Gasteiger partial charge in [-0.2, -0.15) is 0 Å². The van der Waals surface area contributed by atoms with Crippen LogP contribution in [-0.4, -0.2) is 39.6 Å². The summed E-state index contributed by atoms with van der Waals surface area (Å²) < 4.78 is 1.95. The number of fused-ring (bicyclic) bond motifs is 1. The molecule has 1 amide bonds. The van der Waals surface area contributed by atoms with Crippen molar-refractivity contribution in [3.05, 3.63) is 30.2 Å². The predicted molar refractivity (Wildman–Crippen MR) is 80.0 cm³/mol. The SMILES string of the molecule is O=C(NCCc1nnc2ccccn12)C1CCCCCN1. The molecule has 112 valence electrons. The molecular weight excluding hydrogens is 266 g/mol. The van der Waals surface area contributed by atoms with Crippen LogP contribution in [0.25, 0.3) is 5.65 Å². The molecule has 1 aliphatic heterocycles. The summed E-state index contributed by atoms with van der Waals surface area (Å²) in [7, 11) is 0. The zero-order valence-corrected chi connectivity index (χ0v) is 12.1. The van der Waals surface area contributed by atoms with Gasteiger partial charge < -0.3 is 10.6 Å². The molecule has 0 aromatic carbocycles. The summed E-state index contributed by atoms with van der Waals surface area (Å²) in [4.78, 5) is 12.1. The standard InChI is InChI=1S/C15H21N5O/c21-15(12-6-2-1-4-9-16-12)17-10-8-14-19-18-13-7-3-5-11-20(13)14/h3,5,7,11-12,16H,1-2,4,6,8-10H2,(H,17,21). The fraction of sp³-hybridized carbons (Fsp3) is 0.533. The number of aromatic nitrogens is 3. The van der Waals surface area contributed by atoms with Crippen LogP contribution in [0.5, 0.6) is 0 Å². The summed E-state index contributed by atoms with van der Waals surface area (Å²) in [6, 6.07) is 5.77. The van der Waals surface area contributed by atoms with Gasteiger partial charge in [-0.05, 0) is 31.5 Å². The number of carbonyl (C=O) groups excluding carboxylic acids is 1. The Balaban J connectivity index is 1.52. The van der Waals surface area contributed by atoms with Crippen LogP contribution >= 0.6 is 0 Å². The molecular formula is C15H21N5O. The van der Waals surface area contributed by atoms with Gasteiger partial charge in [-0.3, -0.25) is 9.20 Å². The number of nitrogens with zero attached hydrogens (tertiary/aromatic N) is 3. The lowest BCUT2D eigenvalue weighted by atomic mass is 10.1. The normalized spacial score (nSPS) is 19.3. The summed E-state index contributed by atoms with van der Waals surface area (Å²) in [5.41, 5.74) is 0.837. The van der Waals surface area contributed by atoms with Gasteiger partial charge in [0.05, 0.1) is 6.04 Å². The third-order valence-electron chi connectivity index (χ3n) is 3.91. The lowest BCUT2D eigenvalue weighted by Gasteiger charge is -2.15. The highest BCUT2D eigenvalue weighted by Gasteiger charge is 2.18. The van der Waals surface area contributed by atoms with Crippen LogP contribution in [0.1, 0.15) is 31.5 Å². The van der Waals surface area contributed by atoms with E-state index in [2.05, 4.69) is 20.8 Å². The second-order valence-corrected chi connectivity index (χ2v) is 5.44. The maximum atomic E-state index is 12.1. The van der Waals surface area contributed by atoms with Crippen molar-refractivity contribution in [1.82, 2.24) is 25.2 Å². The molecule has 0 saturated carbocycles. The van der Waals surface area contributed by atoms with E-state index in [1.165, 1.54) is 6.42 Å². The van der Waals surface area contributed by atoms with Gasteiger partial charge in [-0.15, -0.1) is 10.2 Å². The Morgan fingerprint density at radius 2 is 2.29 bits per heavy atom. The van der Waals surface area contributed by atoms with E-state index in [0.717, 1.165) is 37.3 Å². The van der Waals surface area contributed by atoms with E-state index in [0.29, 0.717) is 13.0 Å². The number of hydrogen-bond acceptors (Lipinski definition) is 4. The van der Waals surface area contributed by atoms with E-state index in [9.17, 15) is 4.79 Å². The van der Waals surface area contributed by atoms with E-state index in [1.54, 1.807) is 0 Å². The number of hydrogen-bond donors (Lipinski definition) is 2. The minimum atomic E-state index is -0.0392. The second-order valence-electron chi connectivity index (χ2n) is 5.44.